The summed E-state index contributed by atoms with van der Waals surface area (Å²) in [6, 6.07) is 0.282. The van der Waals surface area contributed by atoms with Gasteiger partial charge in [-0.15, -0.1) is 0 Å². The highest BCUT2D eigenvalue weighted by Crippen LogP contribution is 2.25. The van der Waals surface area contributed by atoms with Crippen LogP contribution in [-0.4, -0.2) is 55.7 Å². The Balaban J connectivity index is 0.000000209. The lowest BCUT2D eigenvalue weighted by molar-refractivity contribution is -0.191. The van der Waals surface area contributed by atoms with Crippen molar-refractivity contribution in [2.45, 2.75) is 64.0 Å². The average molecular weight is 497 g/mol. The molecule has 12 heteroatoms. The number of ketones is 1. The molecule has 4 rings (SSSR count). The molecule has 0 spiro atoms. The molecule has 0 amide bonds. The molecule has 2 aromatic rings. The zero-order valence-corrected chi connectivity index (χ0v) is 19.7. The number of carbonyl (C=O) groups is 1. The number of hydrogen-bond donors (Lipinski definition) is 3. The molecule has 2 aliphatic rings. The Bertz CT molecular complexity index is 972. The van der Waals surface area contributed by atoms with E-state index < -0.39 is 0 Å². The van der Waals surface area contributed by atoms with Gasteiger partial charge in [-0.2, -0.15) is 9.59 Å². The first-order valence-electron chi connectivity index (χ1n) is 10.6. The Morgan fingerprint density at radius 2 is 1.67 bits per heavy atom. The second-order valence-electron chi connectivity index (χ2n) is 7.48. The Morgan fingerprint density at radius 1 is 1.06 bits per heavy atom. The van der Waals surface area contributed by atoms with Gasteiger partial charge in [0.1, 0.15) is 11.6 Å². The highest BCUT2D eigenvalue weighted by atomic mass is 35.5. The van der Waals surface area contributed by atoms with Gasteiger partial charge in [-0.1, -0.05) is 13.3 Å². The summed E-state index contributed by atoms with van der Waals surface area (Å²) in [5, 5.41) is 15.7. The number of rotatable bonds is 5. The molecule has 0 fully saturated rings. The maximum absolute atomic E-state index is 11.7. The summed E-state index contributed by atoms with van der Waals surface area (Å²) in [6.45, 7) is 2.30. The number of carbonyl (C=O) groups excluding carboxylic acids is 3. The predicted molar refractivity (Wildman–Crippen MR) is 122 cm³/mol. The molecule has 2 aliphatic heterocycles. The summed E-state index contributed by atoms with van der Waals surface area (Å²) >= 11 is 11.4. The van der Waals surface area contributed by atoms with E-state index in [1.54, 1.807) is 12.4 Å². The minimum atomic E-state index is -0.117. The second-order valence-corrected chi connectivity index (χ2v) is 8.16. The number of aryl methyl sites for hydroxylation is 1. The van der Waals surface area contributed by atoms with Crippen molar-refractivity contribution in [2.24, 2.45) is 0 Å². The standard InChI is InChI=1S/C10H14ClN3O.C10H12ClN3O.CO2/c11-10-12-6-7-3-4-8(2-1-5-15)13-9(7)14-10;1-2-3-7-8(15)4-6-5-12-10(11)14-9(6)13-7;2-1-3/h6,8,15H,1-5H2,(H,12,13,14);5,7H,2-4H2,1H3,(H,12,13,14);/t8-;7-;/m00./s1. The van der Waals surface area contributed by atoms with E-state index in [2.05, 4.69) is 37.5 Å². The summed E-state index contributed by atoms with van der Waals surface area (Å²) < 4.78 is 0. The van der Waals surface area contributed by atoms with Crippen LogP contribution >= 0.6 is 23.2 Å². The number of nitrogens with zero attached hydrogens (tertiary/aromatic N) is 4. The molecule has 2 atom stereocenters. The monoisotopic (exact) mass is 496 g/mol. The Morgan fingerprint density at radius 3 is 2.27 bits per heavy atom. The van der Waals surface area contributed by atoms with Crippen molar-refractivity contribution in [3.05, 3.63) is 34.1 Å². The molecule has 0 aromatic carbocycles. The molecule has 3 N–H and O–H groups in total. The largest absolute Gasteiger partial charge is 0.396 e. The maximum Gasteiger partial charge on any atom is 0.373 e. The summed E-state index contributed by atoms with van der Waals surface area (Å²) in [7, 11) is 0. The topological polar surface area (TPSA) is 147 Å². The van der Waals surface area contributed by atoms with Crippen LogP contribution in [0.4, 0.5) is 11.6 Å². The minimum Gasteiger partial charge on any atom is -0.396 e. The van der Waals surface area contributed by atoms with Crippen molar-refractivity contribution in [1.82, 2.24) is 19.9 Å². The van der Waals surface area contributed by atoms with E-state index in [9.17, 15) is 4.79 Å². The molecule has 33 heavy (non-hydrogen) atoms. The van der Waals surface area contributed by atoms with Gasteiger partial charge in [-0.05, 0) is 55.3 Å². The van der Waals surface area contributed by atoms with E-state index in [0.29, 0.717) is 18.3 Å². The van der Waals surface area contributed by atoms with Gasteiger partial charge in [-0.3, -0.25) is 4.79 Å². The summed E-state index contributed by atoms with van der Waals surface area (Å²) in [5.74, 6) is 1.76. The van der Waals surface area contributed by atoms with Crippen molar-refractivity contribution in [1.29, 1.82) is 0 Å². The maximum atomic E-state index is 11.7. The van der Waals surface area contributed by atoms with E-state index in [1.807, 2.05) is 0 Å². The highest BCUT2D eigenvalue weighted by Gasteiger charge is 2.26. The third kappa shape index (κ3) is 8.33. The van der Waals surface area contributed by atoms with E-state index in [-0.39, 0.29) is 35.2 Å². The summed E-state index contributed by atoms with van der Waals surface area (Å²) in [6.07, 6.45) is 9.69. The molecule has 0 saturated carbocycles. The number of anilines is 2. The van der Waals surface area contributed by atoms with Crippen molar-refractivity contribution < 1.29 is 19.5 Å². The molecule has 0 bridgehead atoms. The van der Waals surface area contributed by atoms with Crippen molar-refractivity contribution in [2.75, 3.05) is 17.2 Å². The fourth-order valence-electron chi connectivity index (χ4n) is 3.56. The zero-order valence-electron chi connectivity index (χ0n) is 18.2. The van der Waals surface area contributed by atoms with Crippen LogP contribution in [0.5, 0.6) is 0 Å². The predicted octanol–water partition coefficient (Wildman–Crippen LogP) is 2.88. The number of hydrogen-bond acceptors (Lipinski definition) is 10. The number of halogens is 2. The molecular weight excluding hydrogens is 471 g/mol. The summed E-state index contributed by atoms with van der Waals surface area (Å²) in [5.41, 5.74) is 1.96. The Labute approximate surface area is 201 Å². The molecule has 178 valence electrons. The molecular formula is C21H26Cl2N6O4. The van der Waals surface area contributed by atoms with E-state index in [1.165, 1.54) is 0 Å². The number of aliphatic hydroxyl groups is 1. The van der Waals surface area contributed by atoms with Crippen molar-refractivity contribution >= 4 is 46.8 Å². The number of aromatic nitrogens is 4. The second kappa shape index (κ2) is 13.8. The lowest BCUT2D eigenvalue weighted by Crippen LogP contribution is -2.35. The van der Waals surface area contributed by atoms with Gasteiger partial charge in [0.2, 0.25) is 10.6 Å². The minimum absolute atomic E-state index is 0.117. The van der Waals surface area contributed by atoms with Gasteiger partial charge in [0.25, 0.3) is 0 Å². The average Bonchev–Trinajstić information content (AvgIpc) is 2.79. The number of aliphatic hydroxyl groups excluding tert-OH is 1. The number of Topliss-reactive ketones (excluding diaryl/α,β-unsaturated/α-hetero) is 1. The number of nitrogens with one attached hydrogen (secondary N) is 2. The van der Waals surface area contributed by atoms with Crippen LogP contribution in [0.3, 0.4) is 0 Å². The molecule has 10 nitrogen and oxygen atoms in total. The van der Waals surface area contributed by atoms with E-state index >= 15 is 0 Å². The molecule has 0 aliphatic carbocycles. The van der Waals surface area contributed by atoms with Gasteiger partial charge in [0.15, 0.2) is 5.78 Å². The third-order valence-corrected chi connectivity index (χ3v) is 5.49. The van der Waals surface area contributed by atoms with E-state index in [0.717, 1.165) is 55.5 Å². The van der Waals surface area contributed by atoms with E-state index in [4.69, 9.17) is 37.9 Å². The van der Waals surface area contributed by atoms with Gasteiger partial charge in [0.05, 0.1) is 6.04 Å². The quantitative estimate of drug-likeness (QED) is 0.527. The Kier molecular flexibility index (Phi) is 11.1. The molecule has 0 unspecified atom stereocenters. The van der Waals surface area contributed by atoms with Crippen molar-refractivity contribution in [3.8, 4) is 0 Å². The molecule has 2 aromatic heterocycles. The van der Waals surface area contributed by atoms with Crippen LogP contribution in [0.2, 0.25) is 10.6 Å². The first-order valence-corrected chi connectivity index (χ1v) is 11.4. The third-order valence-electron chi connectivity index (χ3n) is 5.13. The molecule has 0 radical (unpaired) electrons. The van der Waals surface area contributed by atoms with Gasteiger partial charge < -0.3 is 15.7 Å². The van der Waals surface area contributed by atoms with Gasteiger partial charge in [-0.25, -0.2) is 19.9 Å². The fourth-order valence-corrected chi connectivity index (χ4v) is 3.83. The van der Waals surface area contributed by atoms with Crippen molar-refractivity contribution in [3.63, 3.8) is 0 Å². The normalized spacial score (nSPS) is 18.0. The zero-order chi connectivity index (χ0) is 24.2. The Hall–Kier alpha value is -2.65. The number of fused-ring (bicyclic) bond motifs is 2. The highest BCUT2D eigenvalue weighted by molar-refractivity contribution is 6.28. The first-order chi connectivity index (χ1) is 15.9. The SMILES string of the molecule is CCC[C@@H]1Nc2nc(Cl)ncc2CC1=O.O=C=O.OCCC[C@H]1CCc2cnc(Cl)nc2N1. The van der Waals surface area contributed by atoms with Crippen LogP contribution in [0.1, 0.15) is 50.2 Å². The van der Waals surface area contributed by atoms with Crippen LogP contribution in [0, 0.1) is 0 Å². The summed E-state index contributed by atoms with van der Waals surface area (Å²) in [4.78, 5) is 44.0. The lowest BCUT2D eigenvalue weighted by atomic mass is 9.97. The van der Waals surface area contributed by atoms with Crippen LogP contribution in [0.15, 0.2) is 12.4 Å². The van der Waals surface area contributed by atoms with Crippen LogP contribution in [-0.2, 0) is 27.2 Å². The molecule has 0 saturated heterocycles. The molecule has 4 heterocycles. The van der Waals surface area contributed by atoms with Crippen LogP contribution < -0.4 is 10.6 Å². The lowest BCUT2D eigenvalue weighted by Gasteiger charge is -2.25. The van der Waals surface area contributed by atoms with Gasteiger partial charge >= 0.3 is 6.15 Å². The first kappa shape index (κ1) is 26.6. The fraction of sp³-hybridized carbons (Fsp3) is 0.524. The smallest absolute Gasteiger partial charge is 0.373 e. The van der Waals surface area contributed by atoms with Crippen LogP contribution in [0.25, 0.3) is 0 Å². The van der Waals surface area contributed by atoms with Gasteiger partial charge in [0, 0.05) is 42.6 Å².